The maximum Gasteiger partial charge on any atom is 0.163 e. The van der Waals surface area contributed by atoms with Crippen LogP contribution in [0.25, 0.3) is 0 Å². The van der Waals surface area contributed by atoms with Crippen molar-refractivity contribution in [3.8, 4) is 0 Å². The van der Waals surface area contributed by atoms with Crippen LogP contribution in [-0.4, -0.2) is 47.2 Å². The first-order chi connectivity index (χ1) is 8.74. The van der Waals surface area contributed by atoms with Gasteiger partial charge in [0.1, 0.15) is 18.3 Å². The molecule has 110 valence electrons. The van der Waals surface area contributed by atoms with Crippen LogP contribution < -0.4 is 0 Å². The van der Waals surface area contributed by atoms with E-state index in [4.69, 9.17) is 18.9 Å². The molecule has 4 unspecified atom stereocenters. The summed E-state index contributed by atoms with van der Waals surface area (Å²) in [5.41, 5.74) is 0. The molecule has 0 radical (unpaired) electrons. The lowest BCUT2D eigenvalue weighted by Gasteiger charge is -2.40. The van der Waals surface area contributed by atoms with Crippen molar-refractivity contribution in [2.24, 2.45) is 5.92 Å². The maximum atomic E-state index is 10.5. The van der Waals surface area contributed by atoms with E-state index in [1.807, 2.05) is 27.7 Å². The molecule has 0 aromatic rings. The highest BCUT2D eigenvalue weighted by molar-refractivity contribution is 5.06. The van der Waals surface area contributed by atoms with Crippen molar-refractivity contribution >= 4 is 0 Å². The summed E-state index contributed by atoms with van der Waals surface area (Å²) in [6.07, 6.45) is -0.727. The number of hydrogen-bond acceptors (Lipinski definition) is 5. The second kappa shape index (κ2) is 4.15. The number of fused-ring (bicyclic) bond motifs is 2. The fourth-order valence-corrected chi connectivity index (χ4v) is 3.66. The molecule has 0 spiro atoms. The van der Waals surface area contributed by atoms with E-state index in [0.717, 1.165) is 6.42 Å². The number of ether oxygens (including phenoxy) is 4. The van der Waals surface area contributed by atoms with Gasteiger partial charge in [0.25, 0.3) is 0 Å². The molecule has 0 amide bonds. The van der Waals surface area contributed by atoms with E-state index >= 15 is 0 Å². The van der Waals surface area contributed by atoms with E-state index in [0.29, 0.717) is 0 Å². The summed E-state index contributed by atoms with van der Waals surface area (Å²) < 4.78 is 23.7. The van der Waals surface area contributed by atoms with Gasteiger partial charge < -0.3 is 24.1 Å². The Labute approximate surface area is 114 Å². The summed E-state index contributed by atoms with van der Waals surface area (Å²) in [5, 5.41) is 10.5. The topological polar surface area (TPSA) is 57.2 Å². The van der Waals surface area contributed by atoms with E-state index < -0.39 is 17.7 Å². The van der Waals surface area contributed by atoms with Gasteiger partial charge in [0.05, 0.1) is 12.2 Å². The molecule has 5 nitrogen and oxygen atoms in total. The lowest BCUT2D eigenvalue weighted by Crippen LogP contribution is -2.58. The van der Waals surface area contributed by atoms with Crippen molar-refractivity contribution in [2.75, 3.05) is 0 Å². The van der Waals surface area contributed by atoms with Gasteiger partial charge in [-0.25, -0.2) is 0 Å². The summed E-state index contributed by atoms with van der Waals surface area (Å²) >= 11 is 0. The van der Waals surface area contributed by atoms with Crippen LogP contribution in [-0.2, 0) is 18.9 Å². The Balaban J connectivity index is 1.91. The van der Waals surface area contributed by atoms with Gasteiger partial charge in [-0.05, 0) is 34.1 Å². The smallest absolute Gasteiger partial charge is 0.163 e. The molecule has 3 rings (SSSR count). The van der Waals surface area contributed by atoms with Crippen LogP contribution in [0.1, 0.15) is 41.0 Å². The minimum absolute atomic E-state index is 0.131. The third kappa shape index (κ3) is 2.12. The van der Waals surface area contributed by atoms with Gasteiger partial charge >= 0.3 is 0 Å². The highest BCUT2D eigenvalue weighted by atomic mass is 16.8. The molecule has 2 saturated heterocycles. The van der Waals surface area contributed by atoms with Gasteiger partial charge in [0.15, 0.2) is 11.6 Å². The average molecular weight is 272 g/mol. The molecular formula is C14H24O5. The predicted octanol–water partition coefficient (Wildman–Crippen LogP) is 1.43. The zero-order valence-electron chi connectivity index (χ0n) is 12.3. The predicted molar refractivity (Wildman–Crippen MR) is 67.4 cm³/mol. The molecule has 1 saturated carbocycles. The Bertz CT molecular complexity index is 335. The number of aliphatic hydroxyl groups is 1. The minimum Gasteiger partial charge on any atom is -0.387 e. The first-order valence-electron chi connectivity index (χ1n) is 7.13. The van der Waals surface area contributed by atoms with E-state index in [-0.39, 0.29) is 30.3 Å². The average Bonchev–Trinajstić information content (AvgIpc) is 2.76. The first-order valence-corrected chi connectivity index (χ1v) is 7.13. The van der Waals surface area contributed by atoms with E-state index in [9.17, 15) is 5.11 Å². The molecule has 3 fully saturated rings. The van der Waals surface area contributed by atoms with E-state index in [1.165, 1.54) is 0 Å². The summed E-state index contributed by atoms with van der Waals surface area (Å²) in [5.74, 6) is -1.13. The summed E-state index contributed by atoms with van der Waals surface area (Å²) in [6, 6.07) is 0. The zero-order valence-corrected chi connectivity index (χ0v) is 12.3. The number of hydrogen-bond donors (Lipinski definition) is 1. The fraction of sp³-hybridized carbons (Fsp3) is 1.00. The van der Waals surface area contributed by atoms with Crippen LogP contribution >= 0.6 is 0 Å². The highest BCUT2D eigenvalue weighted by Gasteiger charge is 2.62. The second-order valence-corrected chi connectivity index (χ2v) is 6.69. The van der Waals surface area contributed by atoms with Crippen molar-refractivity contribution in [2.45, 2.75) is 83.1 Å². The van der Waals surface area contributed by atoms with Gasteiger partial charge in [0, 0.05) is 5.92 Å². The molecule has 0 aromatic carbocycles. The molecule has 5 heteroatoms. The molecule has 2 heterocycles. The lowest BCUT2D eigenvalue weighted by atomic mass is 9.77. The number of aliphatic hydroxyl groups excluding tert-OH is 1. The standard InChI is InChI=1S/C14H24O5/c1-6-7-9-11(18-13(2,3)16-9)8(15)12-10(7)17-14(4,5)19-12/h7-12,15H,6H2,1-5H3. The second-order valence-electron chi connectivity index (χ2n) is 6.69. The normalized spacial score (nSPS) is 50.8. The van der Waals surface area contributed by atoms with E-state index in [2.05, 4.69) is 6.92 Å². The van der Waals surface area contributed by atoms with Gasteiger partial charge in [-0.15, -0.1) is 0 Å². The quantitative estimate of drug-likeness (QED) is 0.782. The third-order valence-electron chi connectivity index (χ3n) is 4.32. The molecular weight excluding hydrogens is 248 g/mol. The molecule has 1 N–H and O–H groups in total. The van der Waals surface area contributed by atoms with Gasteiger partial charge in [0.2, 0.25) is 0 Å². The number of rotatable bonds is 1. The zero-order chi connectivity index (χ0) is 14.0. The minimum atomic E-state index is -0.707. The van der Waals surface area contributed by atoms with Crippen molar-refractivity contribution in [3.63, 3.8) is 0 Å². The molecule has 3 aliphatic rings. The molecule has 4 atom stereocenters. The molecule has 0 bridgehead atoms. The van der Waals surface area contributed by atoms with E-state index in [1.54, 1.807) is 0 Å². The Morgan fingerprint density at radius 3 is 1.53 bits per heavy atom. The molecule has 0 aromatic heterocycles. The van der Waals surface area contributed by atoms with Gasteiger partial charge in [-0.3, -0.25) is 0 Å². The summed E-state index contributed by atoms with van der Waals surface area (Å²) in [6.45, 7) is 9.64. The SMILES string of the molecule is CCC1C2OC(C)(C)OC2C(O)C2OC(C)(C)OC12. The van der Waals surface area contributed by atoms with Crippen LogP contribution in [0.15, 0.2) is 0 Å². The Hall–Kier alpha value is -0.200. The van der Waals surface area contributed by atoms with Crippen LogP contribution in [0, 0.1) is 5.92 Å². The Kier molecular flexibility index (Phi) is 3.01. The highest BCUT2D eigenvalue weighted by Crippen LogP contribution is 2.47. The fourth-order valence-electron chi connectivity index (χ4n) is 3.66. The van der Waals surface area contributed by atoms with Gasteiger partial charge in [-0.1, -0.05) is 6.92 Å². The molecule has 2 aliphatic heterocycles. The maximum absolute atomic E-state index is 10.5. The lowest BCUT2D eigenvalue weighted by molar-refractivity contribution is -0.180. The first kappa shape index (κ1) is 13.8. The summed E-state index contributed by atoms with van der Waals surface area (Å²) in [4.78, 5) is 0. The van der Waals surface area contributed by atoms with Crippen molar-refractivity contribution < 1.29 is 24.1 Å². The third-order valence-corrected chi connectivity index (χ3v) is 4.32. The van der Waals surface area contributed by atoms with Gasteiger partial charge in [-0.2, -0.15) is 0 Å². The van der Waals surface area contributed by atoms with Crippen LogP contribution in [0.3, 0.4) is 0 Å². The van der Waals surface area contributed by atoms with Crippen LogP contribution in [0.2, 0.25) is 0 Å². The van der Waals surface area contributed by atoms with Crippen LogP contribution in [0.4, 0.5) is 0 Å². The molecule has 19 heavy (non-hydrogen) atoms. The Morgan fingerprint density at radius 1 is 0.789 bits per heavy atom. The largest absolute Gasteiger partial charge is 0.387 e. The van der Waals surface area contributed by atoms with Crippen molar-refractivity contribution in [3.05, 3.63) is 0 Å². The monoisotopic (exact) mass is 272 g/mol. The summed E-state index contributed by atoms with van der Waals surface area (Å²) in [7, 11) is 0. The van der Waals surface area contributed by atoms with Crippen molar-refractivity contribution in [1.82, 2.24) is 0 Å². The van der Waals surface area contributed by atoms with Crippen LogP contribution in [0.5, 0.6) is 0 Å². The molecule has 1 aliphatic carbocycles. The Morgan fingerprint density at radius 2 is 1.16 bits per heavy atom. The van der Waals surface area contributed by atoms with Crippen molar-refractivity contribution in [1.29, 1.82) is 0 Å².